The lowest BCUT2D eigenvalue weighted by molar-refractivity contribution is 0.322. The van der Waals surface area contributed by atoms with Crippen LogP contribution in [0.5, 0.6) is 0 Å². The van der Waals surface area contributed by atoms with Gasteiger partial charge in [-0.15, -0.1) is 0 Å². The van der Waals surface area contributed by atoms with Gasteiger partial charge < -0.3 is 5.21 Å². The minimum atomic E-state index is -3.64. The largest absolute Gasteiger partial charge is 0.411 e. The Morgan fingerprint density at radius 1 is 1.31 bits per heavy atom. The van der Waals surface area contributed by atoms with Crippen molar-refractivity contribution in [2.45, 2.75) is 4.90 Å². The number of sulfonamides is 1. The van der Waals surface area contributed by atoms with Gasteiger partial charge in [0.2, 0.25) is 10.0 Å². The molecule has 1 aromatic rings. The third kappa shape index (κ3) is 2.53. The molecular weight excluding hydrogens is 192 g/mol. The van der Waals surface area contributed by atoms with Crippen molar-refractivity contribution >= 4 is 16.2 Å². The molecule has 0 bridgehead atoms. The normalized spacial score (nSPS) is 12.1. The average Bonchev–Trinajstić information content (AvgIpc) is 2.04. The fraction of sp³-hybridized carbons (Fsp3) is 0. The van der Waals surface area contributed by atoms with Crippen LogP contribution in [0.2, 0.25) is 0 Å². The van der Waals surface area contributed by atoms with E-state index in [1.54, 1.807) is 0 Å². The van der Waals surface area contributed by atoms with Crippen LogP contribution in [0.15, 0.2) is 34.3 Å². The lowest BCUT2D eigenvalue weighted by Crippen LogP contribution is -2.11. The molecule has 0 aliphatic rings. The van der Waals surface area contributed by atoms with Crippen molar-refractivity contribution in [2.24, 2.45) is 10.3 Å². The molecule has 0 atom stereocenters. The van der Waals surface area contributed by atoms with Gasteiger partial charge in [0.15, 0.2) is 0 Å². The predicted molar refractivity (Wildman–Crippen MR) is 47.2 cm³/mol. The zero-order chi connectivity index (χ0) is 9.90. The zero-order valence-corrected chi connectivity index (χ0v) is 7.40. The highest BCUT2D eigenvalue weighted by atomic mass is 32.2. The first-order valence-electron chi connectivity index (χ1n) is 3.34. The molecule has 1 aromatic carbocycles. The van der Waals surface area contributed by atoms with Crippen LogP contribution in [0.1, 0.15) is 5.56 Å². The molecule has 5 nitrogen and oxygen atoms in total. The maximum absolute atomic E-state index is 10.8. The smallest absolute Gasteiger partial charge is 0.238 e. The van der Waals surface area contributed by atoms with E-state index in [-0.39, 0.29) is 4.90 Å². The van der Waals surface area contributed by atoms with Gasteiger partial charge in [-0.2, -0.15) is 0 Å². The Morgan fingerprint density at radius 3 is 2.23 bits per heavy atom. The minimum absolute atomic E-state index is 0.0302. The van der Waals surface area contributed by atoms with Crippen molar-refractivity contribution in [3.05, 3.63) is 29.8 Å². The Bertz CT molecular complexity index is 408. The van der Waals surface area contributed by atoms with Crippen molar-refractivity contribution in [3.63, 3.8) is 0 Å². The van der Waals surface area contributed by atoms with Gasteiger partial charge in [0, 0.05) is 0 Å². The molecule has 3 N–H and O–H groups in total. The van der Waals surface area contributed by atoms with Crippen molar-refractivity contribution in [1.82, 2.24) is 0 Å². The molecule has 0 radical (unpaired) electrons. The van der Waals surface area contributed by atoms with Gasteiger partial charge in [0.05, 0.1) is 11.1 Å². The Balaban J connectivity index is 3.08. The Labute approximate surface area is 75.5 Å². The molecule has 0 aromatic heterocycles. The Hall–Kier alpha value is -1.40. The first-order valence-corrected chi connectivity index (χ1v) is 4.89. The van der Waals surface area contributed by atoms with Crippen LogP contribution in [-0.2, 0) is 10.0 Å². The van der Waals surface area contributed by atoms with E-state index in [0.717, 1.165) is 0 Å². The van der Waals surface area contributed by atoms with E-state index in [1.165, 1.54) is 30.5 Å². The van der Waals surface area contributed by atoms with Crippen LogP contribution in [0.25, 0.3) is 0 Å². The summed E-state index contributed by atoms with van der Waals surface area (Å²) in [5.74, 6) is 0. The summed E-state index contributed by atoms with van der Waals surface area (Å²) in [7, 11) is -3.64. The quantitative estimate of drug-likeness (QED) is 0.404. The van der Waals surface area contributed by atoms with Crippen LogP contribution in [0, 0.1) is 0 Å². The molecule has 1 rings (SSSR count). The molecule has 0 aliphatic heterocycles. The molecule has 0 amide bonds. The predicted octanol–water partition coefficient (Wildman–Crippen LogP) is 0.142. The van der Waals surface area contributed by atoms with Gasteiger partial charge in [0.1, 0.15) is 0 Å². The van der Waals surface area contributed by atoms with Crippen molar-refractivity contribution in [2.75, 3.05) is 0 Å². The Morgan fingerprint density at radius 2 is 1.85 bits per heavy atom. The number of hydrogen-bond acceptors (Lipinski definition) is 4. The summed E-state index contributed by atoms with van der Waals surface area (Å²) >= 11 is 0. The molecule has 70 valence electrons. The maximum atomic E-state index is 10.8. The van der Waals surface area contributed by atoms with Gasteiger partial charge in [0.25, 0.3) is 0 Å². The van der Waals surface area contributed by atoms with Gasteiger partial charge in [-0.25, -0.2) is 13.6 Å². The molecule has 0 spiro atoms. The highest BCUT2D eigenvalue weighted by molar-refractivity contribution is 7.89. The topological polar surface area (TPSA) is 92.8 Å². The summed E-state index contributed by atoms with van der Waals surface area (Å²) < 4.78 is 21.6. The van der Waals surface area contributed by atoms with Gasteiger partial charge in [-0.1, -0.05) is 17.3 Å². The highest BCUT2D eigenvalue weighted by Crippen LogP contribution is 2.06. The number of benzene rings is 1. The summed E-state index contributed by atoms with van der Waals surface area (Å²) in [6.45, 7) is 0. The van der Waals surface area contributed by atoms with E-state index >= 15 is 0 Å². The van der Waals surface area contributed by atoms with Crippen LogP contribution in [0.3, 0.4) is 0 Å². The fourth-order valence-electron chi connectivity index (χ4n) is 0.810. The van der Waals surface area contributed by atoms with Crippen molar-refractivity contribution in [3.8, 4) is 0 Å². The first kappa shape index (κ1) is 9.69. The zero-order valence-electron chi connectivity index (χ0n) is 6.58. The molecular formula is C7H8N2O3S. The second-order valence-corrected chi connectivity index (χ2v) is 3.92. The third-order valence-corrected chi connectivity index (χ3v) is 2.34. The lowest BCUT2D eigenvalue weighted by Gasteiger charge is -1.96. The van der Waals surface area contributed by atoms with Gasteiger partial charge in [-0.3, -0.25) is 0 Å². The fourth-order valence-corrected chi connectivity index (χ4v) is 1.33. The van der Waals surface area contributed by atoms with Gasteiger partial charge in [-0.05, 0) is 17.7 Å². The molecule has 0 heterocycles. The molecule has 13 heavy (non-hydrogen) atoms. The average molecular weight is 200 g/mol. The van der Waals surface area contributed by atoms with Crippen LogP contribution in [-0.4, -0.2) is 19.8 Å². The number of primary sulfonamides is 1. The summed E-state index contributed by atoms with van der Waals surface area (Å²) in [6, 6.07) is 5.65. The molecule has 0 unspecified atom stereocenters. The standard InChI is InChI=1S/C7H8N2O3S/c8-13(11,12)7-3-1-6(2-4-7)5-9-10/h1-5,10H,(H2,8,11,12)/b9-5+. The van der Waals surface area contributed by atoms with Crippen LogP contribution in [0.4, 0.5) is 0 Å². The van der Waals surface area contributed by atoms with Gasteiger partial charge >= 0.3 is 0 Å². The second-order valence-electron chi connectivity index (χ2n) is 2.36. The molecule has 6 heteroatoms. The summed E-state index contributed by atoms with van der Waals surface area (Å²) in [6.07, 6.45) is 1.19. The molecule has 0 saturated carbocycles. The molecule has 0 fully saturated rings. The number of oxime groups is 1. The highest BCUT2D eigenvalue weighted by Gasteiger charge is 2.05. The van der Waals surface area contributed by atoms with E-state index in [9.17, 15) is 8.42 Å². The number of nitrogens with zero attached hydrogens (tertiary/aromatic N) is 1. The van der Waals surface area contributed by atoms with Crippen LogP contribution < -0.4 is 5.14 Å². The third-order valence-electron chi connectivity index (χ3n) is 1.42. The molecule has 0 aliphatic carbocycles. The van der Waals surface area contributed by atoms with E-state index in [2.05, 4.69) is 5.16 Å². The van der Waals surface area contributed by atoms with E-state index < -0.39 is 10.0 Å². The number of nitrogens with two attached hydrogens (primary N) is 1. The van der Waals surface area contributed by atoms with Crippen molar-refractivity contribution in [1.29, 1.82) is 0 Å². The summed E-state index contributed by atoms with van der Waals surface area (Å²) in [5.41, 5.74) is 0.593. The van der Waals surface area contributed by atoms with E-state index in [1.807, 2.05) is 0 Å². The number of hydrogen-bond donors (Lipinski definition) is 2. The molecule has 0 saturated heterocycles. The minimum Gasteiger partial charge on any atom is -0.411 e. The van der Waals surface area contributed by atoms with Crippen molar-refractivity contribution < 1.29 is 13.6 Å². The second kappa shape index (κ2) is 3.55. The monoisotopic (exact) mass is 200 g/mol. The SMILES string of the molecule is NS(=O)(=O)c1ccc(/C=N/O)cc1. The van der Waals surface area contributed by atoms with Crippen LogP contribution >= 0.6 is 0 Å². The summed E-state index contributed by atoms with van der Waals surface area (Å²) in [5, 5.41) is 15.8. The maximum Gasteiger partial charge on any atom is 0.238 e. The summed E-state index contributed by atoms with van der Waals surface area (Å²) in [4.78, 5) is 0.0302. The Kier molecular flexibility index (Phi) is 2.64. The van der Waals surface area contributed by atoms with E-state index in [4.69, 9.17) is 10.3 Å². The van der Waals surface area contributed by atoms with E-state index in [0.29, 0.717) is 5.56 Å². The first-order chi connectivity index (χ1) is 6.04. The number of rotatable bonds is 2. The lowest BCUT2D eigenvalue weighted by atomic mass is 10.2.